The van der Waals surface area contributed by atoms with Gasteiger partial charge in [0.2, 0.25) is 53.5 Å². The van der Waals surface area contributed by atoms with Crippen LogP contribution in [-0.2, 0) is 0 Å². The van der Waals surface area contributed by atoms with E-state index in [1.807, 2.05) is 62.3 Å². The molecule has 0 radical (unpaired) electrons. The highest BCUT2D eigenvalue weighted by Crippen LogP contribution is 2.18. The summed E-state index contributed by atoms with van der Waals surface area (Å²) in [6, 6.07) is 0. The summed E-state index contributed by atoms with van der Waals surface area (Å²) in [7, 11) is 0. The van der Waals surface area contributed by atoms with Crippen LogP contribution in [-0.4, -0.2) is 81.5 Å². The lowest BCUT2D eigenvalue weighted by Crippen LogP contribution is -2.29. The molecule has 4 rings (SSSR count). The molecule has 4 heterocycles. The van der Waals surface area contributed by atoms with Crippen molar-refractivity contribution in [3.8, 4) is 0 Å². The maximum atomic E-state index is 4.51. The Labute approximate surface area is 245 Å². The molecule has 0 atom stereocenters. The minimum absolute atomic E-state index is 0.235. The molecule has 3 aromatic rings. The van der Waals surface area contributed by atoms with Gasteiger partial charge in [-0.05, 0) is 62.3 Å². The molecule has 228 valence electrons. The second-order valence-corrected chi connectivity index (χ2v) is 12.6. The van der Waals surface area contributed by atoms with E-state index in [-0.39, 0.29) is 36.6 Å². The summed E-state index contributed by atoms with van der Waals surface area (Å²) < 4.78 is 0. The number of aromatic nitrogens is 9. The first-order chi connectivity index (χ1) is 19.6. The van der Waals surface area contributed by atoms with Crippen LogP contribution in [0.4, 0.5) is 53.5 Å². The number of anilines is 9. The molecule has 42 heavy (non-hydrogen) atoms. The van der Waals surface area contributed by atoms with Crippen molar-refractivity contribution in [1.82, 2.24) is 44.9 Å². The van der Waals surface area contributed by atoms with Crippen molar-refractivity contribution in [3.63, 3.8) is 0 Å². The third-order valence-corrected chi connectivity index (χ3v) is 4.85. The summed E-state index contributed by atoms with van der Waals surface area (Å²) in [6.45, 7) is 18.9. The van der Waals surface area contributed by atoms with Crippen LogP contribution in [0.5, 0.6) is 0 Å². The molecular formula is C24H42N18. The van der Waals surface area contributed by atoms with Gasteiger partial charge in [-0.3, -0.25) is 0 Å². The fraction of sp³-hybridized carbons (Fsp3) is 0.625. The van der Waals surface area contributed by atoms with Gasteiger partial charge in [-0.25, -0.2) is 0 Å². The Bertz CT molecular complexity index is 1130. The molecule has 6 bridgehead atoms. The van der Waals surface area contributed by atoms with Crippen LogP contribution in [0.1, 0.15) is 62.3 Å². The van der Waals surface area contributed by atoms with Crippen LogP contribution in [0.3, 0.4) is 0 Å². The molecule has 0 fully saturated rings. The minimum atomic E-state index is -0.268. The topological polar surface area (TPSA) is 224 Å². The zero-order valence-corrected chi connectivity index (χ0v) is 25.6. The first-order valence-electron chi connectivity index (χ1n) is 13.6. The highest BCUT2D eigenvalue weighted by Gasteiger charge is 2.17. The molecule has 0 saturated carbocycles. The molecule has 18 nitrogen and oxygen atoms in total. The van der Waals surface area contributed by atoms with Crippen LogP contribution in [0.2, 0.25) is 0 Å². The first-order valence-corrected chi connectivity index (χ1v) is 13.6. The van der Waals surface area contributed by atoms with Gasteiger partial charge in [0.25, 0.3) is 0 Å². The van der Waals surface area contributed by atoms with E-state index in [1.165, 1.54) is 0 Å². The third-order valence-electron chi connectivity index (χ3n) is 4.85. The van der Waals surface area contributed by atoms with Crippen LogP contribution >= 0.6 is 0 Å². The summed E-state index contributed by atoms with van der Waals surface area (Å²) in [4.78, 5) is 40.6. The minimum Gasteiger partial charge on any atom is -0.349 e. The molecule has 0 spiro atoms. The van der Waals surface area contributed by atoms with Crippen LogP contribution in [0.15, 0.2) is 0 Å². The second-order valence-electron chi connectivity index (χ2n) is 12.6. The molecular weight excluding hydrogens is 540 g/mol. The van der Waals surface area contributed by atoms with Gasteiger partial charge in [0.1, 0.15) is 0 Å². The molecule has 18 heteroatoms. The van der Waals surface area contributed by atoms with Crippen LogP contribution < -0.4 is 47.9 Å². The number of rotatable bonds is 3. The normalized spacial score (nSPS) is 14.2. The van der Waals surface area contributed by atoms with Gasteiger partial charge >= 0.3 is 0 Å². The Morgan fingerprint density at radius 1 is 0.357 bits per heavy atom. The summed E-state index contributed by atoms with van der Waals surface area (Å²) in [5.41, 5.74) is -0.805. The van der Waals surface area contributed by atoms with Gasteiger partial charge in [-0.1, -0.05) is 0 Å². The van der Waals surface area contributed by atoms with Crippen molar-refractivity contribution < 1.29 is 0 Å². The third kappa shape index (κ3) is 10.0. The predicted octanol–water partition coefficient (Wildman–Crippen LogP) is 2.63. The van der Waals surface area contributed by atoms with E-state index < -0.39 is 0 Å². The first kappa shape index (κ1) is 30.2. The van der Waals surface area contributed by atoms with Crippen molar-refractivity contribution >= 4 is 53.5 Å². The van der Waals surface area contributed by atoms with Gasteiger partial charge in [0.15, 0.2) is 0 Å². The Hall–Kier alpha value is -4.77. The van der Waals surface area contributed by atoms with Crippen LogP contribution in [0.25, 0.3) is 0 Å². The summed E-state index contributed by atoms with van der Waals surface area (Å²) in [6.07, 6.45) is 0. The maximum Gasteiger partial charge on any atom is 0.230 e. The Kier molecular flexibility index (Phi) is 8.62. The summed E-state index contributed by atoms with van der Waals surface area (Å²) in [5.74, 6) is 3.28. The van der Waals surface area contributed by atoms with Crippen LogP contribution in [0, 0.1) is 0 Å². The van der Waals surface area contributed by atoms with Gasteiger partial charge in [-0.2, -0.15) is 44.9 Å². The molecule has 3 aromatic heterocycles. The van der Waals surface area contributed by atoms with Crippen molar-refractivity contribution in [2.45, 2.75) is 78.9 Å². The largest absolute Gasteiger partial charge is 0.349 e. The van der Waals surface area contributed by atoms with E-state index in [0.29, 0.717) is 53.5 Å². The number of hydrogen-bond acceptors (Lipinski definition) is 18. The summed E-state index contributed by atoms with van der Waals surface area (Å²) in [5, 5.41) is 28.8. The van der Waals surface area contributed by atoms with E-state index in [0.717, 1.165) is 0 Å². The molecule has 0 aliphatic carbocycles. The number of fused-ring (bicyclic) bond motifs is 6. The standard InChI is InChI=1S/C24H42N18/c1-22(2,3)40-19-34-13-25-10-27-15-32-17(38-20(36-15)41-23(4,5)6)29-12-30-18-33-16(28-11-26-14(31-13)35-19)37-21(39-18)42-24(7,8)9/h10-12H2,1-9H3,(H3,25,26,31,34,35,40)(H3,27,29,32,36,38,41)(H3,28,30,33,37,39,42). The monoisotopic (exact) mass is 582 g/mol. The zero-order valence-electron chi connectivity index (χ0n) is 25.6. The van der Waals surface area contributed by atoms with Gasteiger partial charge < -0.3 is 47.9 Å². The van der Waals surface area contributed by atoms with E-state index in [4.69, 9.17) is 0 Å². The van der Waals surface area contributed by atoms with E-state index in [9.17, 15) is 0 Å². The zero-order chi connectivity index (χ0) is 30.5. The van der Waals surface area contributed by atoms with Gasteiger partial charge in [0.05, 0.1) is 20.0 Å². The lowest BCUT2D eigenvalue weighted by atomic mass is 10.1. The van der Waals surface area contributed by atoms with Crippen molar-refractivity contribution in [3.05, 3.63) is 0 Å². The van der Waals surface area contributed by atoms with Crippen molar-refractivity contribution in [1.29, 1.82) is 0 Å². The molecule has 9 N–H and O–H groups in total. The fourth-order valence-corrected chi connectivity index (χ4v) is 3.38. The molecule has 0 aromatic carbocycles. The number of nitrogens with zero attached hydrogens (tertiary/aromatic N) is 9. The van der Waals surface area contributed by atoms with Gasteiger partial charge in [0, 0.05) is 16.6 Å². The Balaban J connectivity index is 1.68. The van der Waals surface area contributed by atoms with E-state index in [2.05, 4.69) is 92.7 Å². The van der Waals surface area contributed by atoms with Gasteiger partial charge in [-0.15, -0.1) is 0 Å². The van der Waals surface area contributed by atoms with Crippen molar-refractivity contribution in [2.24, 2.45) is 0 Å². The quantitative estimate of drug-likeness (QED) is 0.216. The average Bonchev–Trinajstić information content (AvgIpc) is 2.80. The Morgan fingerprint density at radius 2 is 0.548 bits per heavy atom. The predicted molar refractivity (Wildman–Crippen MR) is 166 cm³/mol. The maximum absolute atomic E-state index is 4.51. The molecule has 1 aliphatic rings. The smallest absolute Gasteiger partial charge is 0.230 e. The molecule has 0 unspecified atom stereocenters. The Morgan fingerprint density at radius 3 is 0.714 bits per heavy atom. The SMILES string of the molecule is CC(C)(C)Nc1nc2nc(n1)NCNc1nc(nc(NC(C)(C)C)n1)NCNc1nc(nc(NC(C)(C)C)n1)NCN2. The van der Waals surface area contributed by atoms with E-state index >= 15 is 0 Å². The fourth-order valence-electron chi connectivity index (χ4n) is 3.38. The highest BCUT2D eigenvalue weighted by molar-refractivity contribution is 5.48. The lowest BCUT2D eigenvalue weighted by Gasteiger charge is -2.22. The van der Waals surface area contributed by atoms with E-state index in [1.54, 1.807) is 0 Å². The number of nitrogens with one attached hydrogen (secondary N) is 9. The molecule has 1 aliphatic heterocycles. The highest BCUT2D eigenvalue weighted by atomic mass is 15.4. The molecule has 0 saturated heterocycles. The molecule has 0 amide bonds. The second kappa shape index (κ2) is 12.0. The average molecular weight is 583 g/mol. The number of hydrogen-bond donors (Lipinski definition) is 9. The van der Waals surface area contributed by atoms with Crippen molar-refractivity contribution in [2.75, 3.05) is 67.9 Å². The lowest BCUT2D eigenvalue weighted by molar-refractivity contribution is 0.625. The summed E-state index contributed by atoms with van der Waals surface area (Å²) >= 11 is 0.